The fourth-order valence-electron chi connectivity index (χ4n) is 3.50. The van der Waals surface area contributed by atoms with Gasteiger partial charge in [-0.05, 0) is 32.5 Å². The van der Waals surface area contributed by atoms with Crippen molar-refractivity contribution in [3.63, 3.8) is 0 Å². The van der Waals surface area contributed by atoms with Gasteiger partial charge in [0.05, 0.1) is 0 Å². The molecule has 1 aliphatic carbocycles. The normalized spacial score (nSPS) is 26.2. The number of hydrogen-bond acceptors (Lipinski definition) is 3. The summed E-state index contributed by atoms with van der Waals surface area (Å²) in [5.41, 5.74) is 5.77. The summed E-state index contributed by atoms with van der Waals surface area (Å²) in [6.45, 7) is 1.31. The molecule has 1 saturated heterocycles. The van der Waals surface area contributed by atoms with Gasteiger partial charge in [-0.3, -0.25) is 9.59 Å². The first-order valence-electron chi connectivity index (χ1n) is 7.76. The van der Waals surface area contributed by atoms with Crippen LogP contribution < -0.4 is 5.73 Å². The van der Waals surface area contributed by atoms with Gasteiger partial charge in [-0.15, -0.1) is 0 Å². The number of benzene rings is 1. The second-order valence-electron chi connectivity index (χ2n) is 6.70. The number of nitrogens with zero attached hydrogens (tertiary/aromatic N) is 2. The quantitative estimate of drug-likeness (QED) is 0.837. The minimum Gasteiger partial charge on any atom is -0.369 e. The van der Waals surface area contributed by atoms with Crippen LogP contribution in [0.3, 0.4) is 0 Å². The summed E-state index contributed by atoms with van der Waals surface area (Å²) < 4.78 is 0. The number of carbonyl (C=O) groups is 2. The third-order valence-corrected chi connectivity index (χ3v) is 5.10. The van der Waals surface area contributed by atoms with Crippen molar-refractivity contribution in [1.82, 2.24) is 9.80 Å². The molecule has 22 heavy (non-hydrogen) atoms. The van der Waals surface area contributed by atoms with Crippen molar-refractivity contribution >= 4 is 11.8 Å². The highest BCUT2D eigenvalue weighted by atomic mass is 16.2. The minimum atomic E-state index is -0.914. The smallest absolute Gasteiger partial charge is 0.238 e. The number of rotatable bonds is 4. The number of nitrogens with two attached hydrogens (primary N) is 1. The van der Waals surface area contributed by atoms with Crippen LogP contribution in [0.2, 0.25) is 0 Å². The Morgan fingerprint density at radius 2 is 1.82 bits per heavy atom. The van der Waals surface area contributed by atoms with Gasteiger partial charge in [0.25, 0.3) is 0 Å². The first-order valence-corrected chi connectivity index (χ1v) is 7.76. The van der Waals surface area contributed by atoms with E-state index >= 15 is 0 Å². The minimum absolute atomic E-state index is 0.0784. The predicted molar refractivity (Wildman–Crippen MR) is 84.1 cm³/mol. The molecule has 2 fully saturated rings. The zero-order valence-corrected chi connectivity index (χ0v) is 13.2. The van der Waals surface area contributed by atoms with Crippen LogP contribution in [0.1, 0.15) is 24.3 Å². The molecule has 1 aliphatic heterocycles. The van der Waals surface area contributed by atoms with Crippen LogP contribution in [0.15, 0.2) is 30.3 Å². The summed E-state index contributed by atoms with van der Waals surface area (Å²) in [7, 11) is 4.07. The van der Waals surface area contributed by atoms with E-state index in [9.17, 15) is 9.59 Å². The molecule has 2 aliphatic rings. The number of likely N-dealkylation sites (N-methyl/N-ethyl adjacent to an activating group) is 1. The number of carbonyl (C=O) groups excluding carboxylic acids is 2. The Bertz CT molecular complexity index is 581. The molecule has 2 N–H and O–H groups in total. The maximum atomic E-state index is 12.7. The topological polar surface area (TPSA) is 66.6 Å². The maximum Gasteiger partial charge on any atom is 0.238 e. The first-order chi connectivity index (χ1) is 10.5. The molecule has 0 aromatic heterocycles. The van der Waals surface area contributed by atoms with E-state index in [-0.39, 0.29) is 17.9 Å². The van der Waals surface area contributed by atoms with Gasteiger partial charge < -0.3 is 15.5 Å². The number of likely N-dealkylation sites (tertiary alicyclic amines) is 1. The van der Waals surface area contributed by atoms with Crippen molar-refractivity contribution in [2.45, 2.75) is 24.8 Å². The van der Waals surface area contributed by atoms with Gasteiger partial charge in [0.15, 0.2) is 0 Å². The monoisotopic (exact) mass is 301 g/mol. The molecule has 2 atom stereocenters. The second kappa shape index (κ2) is 5.39. The van der Waals surface area contributed by atoms with E-state index in [0.29, 0.717) is 25.9 Å². The zero-order valence-electron chi connectivity index (χ0n) is 13.2. The van der Waals surface area contributed by atoms with Crippen molar-refractivity contribution in [1.29, 1.82) is 0 Å². The van der Waals surface area contributed by atoms with E-state index in [4.69, 9.17) is 5.73 Å². The van der Waals surface area contributed by atoms with Crippen LogP contribution in [0.5, 0.6) is 0 Å². The highest BCUT2D eigenvalue weighted by molar-refractivity contribution is 6.07. The average Bonchev–Trinajstić information content (AvgIpc) is 3.20. The third kappa shape index (κ3) is 2.39. The van der Waals surface area contributed by atoms with E-state index in [0.717, 1.165) is 0 Å². The van der Waals surface area contributed by atoms with E-state index < -0.39 is 11.3 Å². The van der Waals surface area contributed by atoms with E-state index in [1.54, 1.807) is 0 Å². The Morgan fingerprint density at radius 1 is 1.18 bits per heavy atom. The number of amides is 2. The molecule has 2 amide bonds. The Labute approximate surface area is 131 Å². The van der Waals surface area contributed by atoms with Crippen molar-refractivity contribution in [2.75, 3.05) is 27.2 Å². The molecular weight excluding hydrogens is 278 g/mol. The summed E-state index contributed by atoms with van der Waals surface area (Å²) in [6, 6.07) is 10.5. The molecule has 1 aromatic rings. The van der Waals surface area contributed by atoms with Crippen molar-refractivity contribution < 1.29 is 9.59 Å². The summed E-state index contributed by atoms with van der Waals surface area (Å²) in [4.78, 5) is 28.3. The molecule has 5 nitrogen and oxygen atoms in total. The number of primary amides is 1. The maximum absolute atomic E-state index is 12.7. The molecule has 3 rings (SSSR count). The third-order valence-electron chi connectivity index (χ3n) is 5.10. The molecule has 1 heterocycles. The fraction of sp³-hybridized carbons (Fsp3) is 0.529. The van der Waals surface area contributed by atoms with Crippen molar-refractivity contribution in [3.05, 3.63) is 35.9 Å². The molecular formula is C17H23N3O2. The van der Waals surface area contributed by atoms with E-state index in [2.05, 4.69) is 17.0 Å². The van der Waals surface area contributed by atoms with Crippen LogP contribution in [-0.2, 0) is 9.59 Å². The SMILES string of the molecule is CN(C)[C@H]1CN(C(=O)C2(C(N)=O)CC2)C[C@@H]1c1ccccc1. The Morgan fingerprint density at radius 3 is 2.32 bits per heavy atom. The lowest BCUT2D eigenvalue weighted by molar-refractivity contribution is -0.142. The van der Waals surface area contributed by atoms with Crippen LogP contribution in [0, 0.1) is 5.41 Å². The molecule has 118 valence electrons. The highest BCUT2D eigenvalue weighted by Crippen LogP contribution is 2.48. The predicted octanol–water partition coefficient (Wildman–Crippen LogP) is 0.808. The van der Waals surface area contributed by atoms with Crippen molar-refractivity contribution in [3.8, 4) is 0 Å². The largest absolute Gasteiger partial charge is 0.369 e. The molecule has 0 bridgehead atoms. The molecule has 0 spiro atoms. The molecule has 1 aromatic carbocycles. The Kier molecular flexibility index (Phi) is 3.68. The van der Waals surface area contributed by atoms with Crippen LogP contribution in [0.4, 0.5) is 0 Å². The van der Waals surface area contributed by atoms with Gasteiger partial charge in [0.1, 0.15) is 5.41 Å². The molecule has 0 unspecified atom stereocenters. The number of hydrogen-bond donors (Lipinski definition) is 1. The van der Waals surface area contributed by atoms with Crippen LogP contribution in [0.25, 0.3) is 0 Å². The summed E-state index contributed by atoms with van der Waals surface area (Å²) >= 11 is 0. The summed E-state index contributed by atoms with van der Waals surface area (Å²) in [5, 5.41) is 0. The van der Waals surface area contributed by atoms with Gasteiger partial charge >= 0.3 is 0 Å². The van der Waals surface area contributed by atoms with E-state index in [1.807, 2.05) is 37.2 Å². The molecule has 1 saturated carbocycles. The lowest BCUT2D eigenvalue weighted by atomic mass is 9.94. The van der Waals surface area contributed by atoms with Gasteiger partial charge in [-0.2, -0.15) is 0 Å². The van der Waals surface area contributed by atoms with Crippen LogP contribution in [-0.4, -0.2) is 54.8 Å². The molecule has 5 heteroatoms. The highest BCUT2D eigenvalue weighted by Gasteiger charge is 2.58. The first kappa shape index (κ1) is 15.0. The van der Waals surface area contributed by atoms with E-state index in [1.165, 1.54) is 5.56 Å². The Balaban J connectivity index is 1.82. The van der Waals surface area contributed by atoms with Gasteiger partial charge in [0, 0.05) is 25.0 Å². The molecule has 0 radical (unpaired) electrons. The zero-order chi connectivity index (χ0) is 15.9. The van der Waals surface area contributed by atoms with Gasteiger partial charge in [-0.1, -0.05) is 30.3 Å². The second-order valence-corrected chi connectivity index (χ2v) is 6.70. The summed E-state index contributed by atoms with van der Waals surface area (Å²) in [5.74, 6) is -0.281. The standard InChI is InChI=1S/C17H23N3O2/c1-19(2)14-11-20(16(22)17(8-9-17)15(18)21)10-13(14)12-6-4-3-5-7-12/h3-7,13-14H,8-11H2,1-2H3,(H2,18,21)/t13-,14+/m1/s1. The average molecular weight is 301 g/mol. The fourth-order valence-corrected chi connectivity index (χ4v) is 3.50. The lowest BCUT2D eigenvalue weighted by Crippen LogP contribution is -2.43. The lowest BCUT2D eigenvalue weighted by Gasteiger charge is -2.25. The van der Waals surface area contributed by atoms with Crippen LogP contribution >= 0.6 is 0 Å². The van der Waals surface area contributed by atoms with Gasteiger partial charge in [0.2, 0.25) is 11.8 Å². The summed E-state index contributed by atoms with van der Waals surface area (Å²) in [6.07, 6.45) is 1.20. The van der Waals surface area contributed by atoms with Gasteiger partial charge in [-0.25, -0.2) is 0 Å². The Hall–Kier alpha value is -1.88. The van der Waals surface area contributed by atoms with Crippen molar-refractivity contribution in [2.24, 2.45) is 11.1 Å².